The van der Waals surface area contributed by atoms with Crippen molar-refractivity contribution in [3.05, 3.63) is 48.0 Å². The summed E-state index contributed by atoms with van der Waals surface area (Å²) in [5.41, 5.74) is 2.75. The number of carbonyl (C=O) groups excluding carboxylic acids is 2. The van der Waals surface area contributed by atoms with Gasteiger partial charge in [0, 0.05) is 19.2 Å². The van der Waals surface area contributed by atoms with E-state index in [4.69, 9.17) is 0 Å². The van der Waals surface area contributed by atoms with Gasteiger partial charge in [0.25, 0.3) is 0 Å². The van der Waals surface area contributed by atoms with Gasteiger partial charge < -0.3 is 5.32 Å². The first kappa shape index (κ1) is 25.3. The molecule has 1 N–H and O–H groups in total. The van der Waals surface area contributed by atoms with Crippen LogP contribution in [0.25, 0.3) is 11.3 Å². The molecule has 0 spiro atoms. The van der Waals surface area contributed by atoms with Gasteiger partial charge in [0.1, 0.15) is 5.82 Å². The molecule has 2 aromatic rings. The molecule has 0 atom stereocenters. The van der Waals surface area contributed by atoms with Crippen molar-refractivity contribution in [3.63, 3.8) is 0 Å². The number of carbonyl (C=O) groups is 2. The molecule has 32 heavy (non-hydrogen) atoms. The van der Waals surface area contributed by atoms with Gasteiger partial charge in [-0.3, -0.25) is 9.79 Å². The van der Waals surface area contributed by atoms with E-state index in [0.717, 1.165) is 29.7 Å². The molecule has 0 aliphatic carbocycles. The molecule has 0 radical (unpaired) electrons. The van der Waals surface area contributed by atoms with E-state index in [1.165, 1.54) is 24.2 Å². The summed E-state index contributed by atoms with van der Waals surface area (Å²) in [5.74, 6) is 0.210. The van der Waals surface area contributed by atoms with Crippen LogP contribution in [-0.4, -0.2) is 37.2 Å². The minimum absolute atomic E-state index is 0.153. The number of aryl methyl sites for hydroxylation is 1. The van der Waals surface area contributed by atoms with E-state index in [1.54, 1.807) is 14.0 Å². The molecule has 0 saturated heterocycles. The number of pyridine rings is 1. The van der Waals surface area contributed by atoms with Crippen LogP contribution in [0.3, 0.4) is 0 Å². The topological polar surface area (TPSA) is 80.8 Å². The molecule has 0 aliphatic rings. The first-order valence-electron chi connectivity index (χ1n) is 11.4. The maximum absolute atomic E-state index is 12.4. The first-order chi connectivity index (χ1) is 15.5. The Bertz CT molecular complexity index is 839. The van der Waals surface area contributed by atoms with Crippen LogP contribution in [0.4, 0.5) is 10.6 Å². The maximum atomic E-state index is 12.4. The highest BCUT2D eigenvalue weighted by molar-refractivity contribution is 5.90. The number of aromatic nitrogens is 1. The quantitative estimate of drug-likeness (QED) is 0.259. The Kier molecular flexibility index (Phi) is 11.2. The van der Waals surface area contributed by atoms with Crippen molar-refractivity contribution in [1.82, 2.24) is 10.3 Å². The van der Waals surface area contributed by atoms with Gasteiger partial charge in [-0.25, -0.2) is 14.6 Å². The zero-order valence-corrected chi connectivity index (χ0v) is 19.4. The molecule has 1 aromatic heterocycles. The fourth-order valence-corrected chi connectivity index (χ4v) is 3.17. The van der Waals surface area contributed by atoms with Gasteiger partial charge in [0.2, 0.25) is 0 Å². The number of amides is 2. The lowest BCUT2D eigenvalue weighted by Gasteiger charge is -2.18. The highest BCUT2D eigenvalue weighted by atomic mass is 17.2. The SMILES string of the molecule is CCCCCCCNC(=O)N(C)c1cccc(-c2ccc(CCC(=O)OOCC)cc2)n1. The molecular formula is C25H35N3O4. The standard InChI is InChI=1S/C25H35N3O4/c1-4-6-7-8-9-19-26-25(30)28(3)23-12-10-11-22(27-23)21-16-13-20(14-17-21)15-18-24(29)32-31-5-2/h10-14,16-17H,4-9,15,18-19H2,1-3H3,(H,26,30). The predicted molar refractivity (Wildman–Crippen MR) is 126 cm³/mol. The summed E-state index contributed by atoms with van der Waals surface area (Å²) >= 11 is 0. The fraction of sp³-hybridized carbons (Fsp3) is 0.480. The van der Waals surface area contributed by atoms with Crippen LogP contribution >= 0.6 is 0 Å². The average Bonchev–Trinajstić information content (AvgIpc) is 2.83. The third-order valence-corrected chi connectivity index (χ3v) is 5.08. The van der Waals surface area contributed by atoms with Gasteiger partial charge in [-0.2, -0.15) is 4.89 Å². The maximum Gasteiger partial charge on any atom is 0.342 e. The predicted octanol–water partition coefficient (Wildman–Crippen LogP) is 5.29. The van der Waals surface area contributed by atoms with Crippen LogP contribution in [-0.2, 0) is 21.0 Å². The summed E-state index contributed by atoms with van der Waals surface area (Å²) in [6.45, 7) is 4.96. The summed E-state index contributed by atoms with van der Waals surface area (Å²) < 4.78 is 0. The molecular weight excluding hydrogens is 406 g/mol. The molecule has 7 heteroatoms. The second-order valence-corrected chi connectivity index (χ2v) is 7.64. The van der Waals surface area contributed by atoms with Crippen LogP contribution in [0, 0.1) is 0 Å². The molecule has 2 rings (SSSR count). The number of hydrogen-bond acceptors (Lipinski definition) is 5. The smallest absolute Gasteiger partial charge is 0.338 e. The lowest BCUT2D eigenvalue weighted by Crippen LogP contribution is -2.38. The average molecular weight is 442 g/mol. The zero-order valence-electron chi connectivity index (χ0n) is 19.4. The summed E-state index contributed by atoms with van der Waals surface area (Å²) in [5, 5.41) is 2.96. The van der Waals surface area contributed by atoms with Crippen molar-refractivity contribution >= 4 is 17.8 Å². The lowest BCUT2D eigenvalue weighted by molar-refractivity contribution is -0.269. The fourth-order valence-electron chi connectivity index (χ4n) is 3.17. The van der Waals surface area contributed by atoms with Crippen LogP contribution in [0.5, 0.6) is 0 Å². The Morgan fingerprint density at radius 2 is 1.75 bits per heavy atom. The van der Waals surface area contributed by atoms with E-state index < -0.39 is 0 Å². The van der Waals surface area contributed by atoms with Crippen molar-refractivity contribution in [3.8, 4) is 11.3 Å². The molecule has 1 aromatic carbocycles. The minimum atomic E-state index is -0.382. The number of benzene rings is 1. The lowest BCUT2D eigenvalue weighted by atomic mass is 10.1. The number of hydrogen-bond donors (Lipinski definition) is 1. The number of unbranched alkanes of at least 4 members (excludes halogenated alkanes) is 4. The monoisotopic (exact) mass is 441 g/mol. The summed E-state index contributed by atoms with van der Waals surface area (Å²) in [6.07, 6.45) is 6.61. The number of urea groups is 1. The molecule has 0 aliphatic heterocycles. The highest BCUT2D eigenvalue weighted by Gasteiger charge is 2.12. The second kappa shape index (κ2) is 14.2. The van der Waals surface area contributed by atoms with E-state index in [-0.39, 0.29) is 18.4 Å². The Balaban J connectivity index is 1.89. The number of nitrogens with one attached hydrogen (secondary N) is 1. The third-order valence-electron chi connectivity index (χ3n) is 5.08. The van der Waals surface area contributed by atoms with E-state index in [9.17, 15) is 9.59 Å². The summed E-state index contributed by atoms with van der Waals surface area (Å²) in [4.78, 5) is 39.5. The van der Waals surface area contributed by atoms with Crippen molar-refractivity contribution in [2.45, 2.75) is 58.8 Å². The second-order valence-electron chi connectivity index (χ2n) is 7.64. The van der Waals surface area contributed by atoms with Crippen LogP contribution in [0.15, 0.2) is 42.5 Å². The summed E-state index contributed by atoms with van der Waals surface area (Å²) in [6, 6.07) is 13.3. The summed E-state index contributed by atoms with van der Waals surface area (Å²) in [7, 11) is 1.73. The van der Waals surface area contributed by atoms with Crippen LogP contribution in [0.2, 0.25) is 0 Å². The van der Waals surface area contributed by atoms with Gasteiger partial charge in [-0.05, 0) is 37.5 Å². The Hall–Kier alpha value is -2.93. The van der Waals surface area contributed by atoms with Gasteiger partial charge in [0.05, 0.1) is 18.7 Å². The normalized spacial score (nSPS) is 10.6. The van der Waals surface area contributed by atoms with Gasteiger partial charge in [-0.1, -0.05) is 62.9 Å². The minimum Gasteiger partial charge on any atom is -0.338 e. The Labute approximate surface area is 191 Å². The van der Waals surface area contributed by atoms with Crippen molar-refractivity contribution in [2.75, 3.05) is 25.1 Å². The van der Waals surface area contributed by atoms with Crippen LogP contribution < -0.4 is 10.2 Å². The molecule has 0 bridgehead atoms. The molecule has 0 fully saturated rings. The molecule has 0 unspecified atom stereocenters. The Morgan fingerprint density at radius 3 is 2.47 bits per heavy atom. The number of anilines is 1. The number of rotatable bonds is 13. The highest BCUT2D eigenvalue weighted by Crippen LogP contribution is 2.21. The van der Waals surface area contributed by atoms with Gasteiger partial charge in [0.15, 0.2) is 0 Å². The number of nitrogens with zero attached hydrogens (tertiary/aromatic N) is 2. The first-order valence-corrected chi connectivity index (χ1v) is 11.4. The molecule has 0 saturated carbocycles. The molecule has 7 nitrogen and oxygen atoms in total. The zero-order chi connectivity index (χ0) is 23.2. The van der Waals surface area contributed by atoms with Gasteiger partial charge in [-0.15, -0.1) is 0 Å². The van der Waals surface area contributed by atoms with E-state index in [0.29, 0.717) is 25.4 Å². The largest absolute Gasteiger partial charge is 0.342 e. The van der Waals surface area contributed by atoms with Gasteiger partial charge >= 0.3 is 12.0 Å². The molecule has 1 heterocycles. The van der Waals surface area contributed by atoms with E-state index in [1.807, 2.05) is 42.5 Å². The Morgan fingerprint density at radius 1 is 1.00 bits per heavy atom. The van der Waals surface area contributed by atoms with E-state index >= 15 is 0 Å². The van der Waals surface area contributed by atoms with Crippen molar-refractivity contribution < 1.29 is 19.4 Å². The molecule has 2 amide bonds. The van der Waals surface area contributed by atoms with Crippen molar-refractivity contribution in [2.24, 2.45) is 0 Å². The van der Waals surface area contributed by atoms with Crippen LogP contribution in [0.1, 0.15) is 57.9 Å². The van der Waals surface area contributed by atoms with E-state index in [2.05, 4.69) is 27.0 Å². The molecule has 174 valence electrons. The third kappa shape index (κ3) is 8.67. The van der Waals surface area contributed by atoms with Crippen molar-refractivity contribution in [1.29, 1.82) is 0 Å².